The Morgan fingerprint density at radius 3 is 2.31 bits per heavy atom. The van der Waals surface area contributed by atoms with E-state index >= 15 is 0 Å². The number of halogens is 3. The van der Waals surface area contributed by atoms with Crippen molar-refractivity contribution in [1.29, 1.82) is 0 Å². The number of benzene rings is 1. The molecule has 1 aromatic carbocycles. The van der Waals surface area contributed by atoms with Gasteiger partial charge in [0.25, 0.3) is 0 Å². The molecular formula is C12H16F3N. The van der Waals surface area contributed by atoms with Gasteiger partial charge in [-0.15, -0.1) is 0 Å². The van der Waals surface area contributed by atoms with Gasteiger partial charge in [-0.05, 0) is 36.1 Å². The third-order valence-electron chi connectivity index (χ3n) is 2.33. The summed E-state index contributed by atoms with van der Waals surface area (Å²) in [4.78, 5) is 0. The van der Waals surface area contributed by atoms with E-state index < -0.39 is 11.7 Å². The molecule has 1 N–H and O–H groups in total. The normalized spacial score (nSPS) is 11.9. The van der Waals surface area contributed by atoms with Crippen molar-refractivity contribution in [2.45, 2.75) is 26.4 Å². The van der Waals surface area contributed by atoms with Crippen molar-refractivity contribution in [3.05, 3.63) is 29.3 Å². The topological polar surface area (TPSA) is 12.0 Å². The van der Waals surface area contributed by atoms with E-state index in [2.05, 4.69) is 5.32 Å². The standard InChI is InChI=1S/C12H16F3N/c1-8(2)6-9-7-10(12(13,14)15)4-5-11(9)16-3/h4-5,7-8,16H,6H2,1-3H3. The Hall–Kier alpha value is -1.19. The van der Waals surface area contributed by atoms with Crippen LogP contribution in [0.4, 0.5) is 18.9 Å². The molecule has 0 unspecified atom stereocenters. The summed E-state index contributed by atoms with van der Waals surface area (Å²) in [6.45, 7) is 3.97. The van der Waals surface area contributed by atoms with Crippen molar-refractivity contribution in [3.8, 4) is 0 Å². The summed E-state index contributed by atoms with van der Waals surface area (Å²) in [5, 5.41) is 2.91. The van der Waals surface area contributed by atoms with Crippen molar-refractivity contribution in [3.63, 3.8) is 0 Å². The monoisotopic (exact) mass is 231 g/mol. The summed E-state index contributed by atoms with van der Waals surface area (Å²) in [7, 11) is 1.71. The van der Waals surface area contributed by atoms with E-state index in [4.69, 9.17) is 0 Å². The molecule has 90 valence electrons. The Labute approximate surface area is 93.7 Å². The molecule has 0 heterocycles. The van der Waals surface area contributed by atoms with Crippen LogP contribution in [0, 0.1) is 5.92 Å². The van der Waals surface area contributed by atoms with Crippen molar-refractivity contribution in [2.24, 2.45) is 5.92 Å². The zero-order chi connectivity index (χ0) is 12.3. The summed E-state index contributed by atoms with van der Waals surface area (Å²) in [5.41, 5.74) is 0.899. The van der Waals surface area contributed by atoms with Gasteiger partial charge >= 0.3 is 6.18 Å². The zero-order valence-electron chi connectivity index (χ0n) is 9.65. The molecule has 1 aromatic rings. The highest BCUT2D eigenvalue weighted by molar-refractivity contribution is 5.53. The van der Waals surface area contributed by atoms with E-state index in [9.17, 15) is 13.2 Å². The van der Waals surface area contributed by atoms with Crippen LogP contribution in [0.3, 0.4) is 0 Å². The Kier molecular flexibility index (Phi) is 3.83. The van der Waals surface area contributed by atoms with Crippen LogP contribution in [0.1, 0.15) is 25.0 Å². The van der Waals surface area contributed by atoms with E-state index in [0.717, 1.165) is 11.8 Å². The molecule has 0 fully saturated rings. The maximum absolute atomic E-state index is 12.5. The lowest BCUT2D eigenvalue weighted by Crippen LogP contribution is -2.08. The van der Waals surface area contributed by atoms with Crippen LogP contribution in [0.2, 0.25) is 0 Å². The van der Waals surface area contributed by atoms with E-state index in [1.165, 1.54) is 12.1 Å². The first kappa shape index (κ1) is 12.9. The number of anilines is 1. The van der Waals surface area contributed by atoms with Crippen molar-refractivity contribution in [1.82, 2.24) is 0 Å². The Bertz CT molecular complexity index is 356. The highest BCUT2D eigenvalue weighted by atomic mass is 19.4. The van der Waals surface area contributed by atoms with Gasteiger partial charge in [0.2, 0.25) is 0 Å². The first-order valence-corrected chi connectivity index (χ1v) is 5.22. The maximum atomic E-state index is 12.5. The molecule has 0 amide bonds. The molecule has 0 aromatic heterocycles. The minimum Gasteiger partial charge on any atom is -0.388 e. The summed E-state index contributed by atoms with van der Waals surface area (Å²) in [5.74, 6) is 0.329. The largest absolute Gasteiger partial charge is 0.416 e. The number of alkyl halides is 3. The van der Waals surface area contributed by atoms with E-state index in [0.29, 0.717) is 17.9 Å². The number of rotatable bonds is 3. The van der Waals surface area contributed by atoms with Gasteiger partial charge < -0.3 is 5.32 Å². The minimum absolute atomic E-state index is 0.329. The van der Waals surface area contributed by atoms with Crippen LogP contribution in [0.5, 0.6) is 0 Å². The van der Waals surface area contributed by atoms with E-state index in [1.807, 2.05) is 13.8 Å². The predicted molar refractivity (Wildman–Crippen MR) is 59.5 cm³/mol. The summed E-state index contributed by atoms with van der Waals surface area (Å²) in [6, 6.07) is 3.82. The molecule has 4 heteroatoms. The van der Waals surface area contributed by atoms with Gasteiger partial charge in [-0.25, -0.2) is 0 Å². The first-order valence-electron chi connectivity index (χ1n) is 5.22. The average Bonchev–Trinajstić information content (AvgIpc) is 2.15. The lowest BCUT2D eigenvalue weighted by atomic mass is 9.99. The van der Waals surface area contributed by atoms with Crippen LogP contribution in [-0.2, 0) is 12.6 Å². The molecule has 0 aliphatic heterocycles. The minimum atomic E-state index is -4.27. The molecule has 0 spiro atoms. The van der Waals surface area contributed by atoms with Crippen molar-refractivity contribution >= 4 is 5.69 Å². The van der Waals surface area contributed by atoms with Gasteiger partial charge in [-0.1, -0.05) is 13.8 Å². The molecule has 0 atom stereocenters. The third kappa shape index (κ3) is 3.15. The van der Waals surface area contributed by atoms with Crippen LogP contribution in [0.25, 0.3) is 0 Å². The molecule has 0 aliphatic carbocycles. The predicted octanol–water partition coefficient (Wildman–Crippen LogP) is 3.95. The fraction of sp³-hybridized carbons (Fsp3) is 0.500. The van der Waals surface area contributed by atoms with E-state index in [1.54, 1.807) is 7.05 Å². The van der Waals surface area contributed by atoms with Crippen LogP contribution >= 0.6 is 0 Å². The average molecular weight is 231 g/mol. The number of hydrogen-bond acceptors (Lipinski definition) is 1. The van der Waals surface area contributed by atoms with Crippen LogP contribution < -0.4 is 5.32 Å². The fourth-order valence-electron chi connectivity index (χ4n) is 1.62. The number of nitrogens with one attached hydrogen (secondary N) is 1. The van der Waals surface area contributed by atoms with Gasteiger partial charge in [0.15, 0.2) is 0 Å². The quantitative estimate of drug-likeness (QED) is 0.830. The Morgan fingerprint density at radius 2 is 1.88 bits per heavy atom. The lowest BCUT2D eigenvalue weighted by molar-refractivity contribution is -0.137. The van der Waals surface area contributed by atoms with Gasteiger partial charge in [0, 0.05) is 12.7 Å². The smallest absolute Gasteiger partial charge is 0.388 e. The summed E-state index contributed by atoms with van der Waals surface area (Å²) < 4.78 is 37.6. The van der Waals surface area contributed by atoms with Crippen LogP contribution in [-0.4, -0.2) is 7.05 Å². The summed E-state index contributed by atoms with van der Waals surface area (Å²) in [6.07, 6.45) is -3.63. The Morgan fingerprint density at radius 1 is 1.25 bits per heavy atom. The third-order valence-corrected chi connectivity index (χ3v) is 2.33. The first-order chi connectivity index (χ1) is 7.34. The molecule has 1 rings (SSSR count). The second-order valence-electron chi connectivity index (χ2n) is 4.22. The molecular weight excluding hydrogens is 215 g/mol. The summed E-state index contributed by atoms with van der Waals surface area (Å²) >= 11 is 0. The molecule has 0 bridgehead atoms. The second-order valence-corrected chi connectivity index (χ2v) is 4.22. The zero-order valence-corrected chi connectivity index (χ0v) is 9.65. The fourth-order valence-corrected chi connectivity index (χ4v) is 1.62. The Balaban J connectivity index is 3.11. The van der Waals surface area contributed by atoms with Gasteiger partial charge in [0.1, 0.15) is 0 Å². The van der Waals surface area contributed by atoms with Gasteiger partial charge in [-0.2, -0.15) is 13.2 Å². The highest BCUT2D eigenvalue weighted by Crippen LogP contribution is 2.32. The van der Waals surface area contributed by atoms with E-state index in [-0.39, 0.29) is 0 Å². The SMILES string of the molecule is CNc1ccc(C(F)(F)F)cc1CC(C)C. The van der Waals surface area contributed by atoms with Gasteiger partial charge in [0.05, 0.1) is 5.56 Å². The highest BCUT2D eigenvalue weighted by Gasteiger charge is 2.30. The maximum Gasteiger partial charge on any atom is 0.416 e. The van der Waals surface area contributed by atoms with Crippen LogP contribution in [0.15, 0.2) is 18.2 Å². The van der Waals surface area contributed by atoms with Crippen molar-refractivity contribution < 1.29 is 13.2 Å². The second kappa shape index (κ2) is 4.76. The number of hydrogen-bond donors (Lipinski definition) is 1. The molecule has 0 radical (unpaired) electrons. The molecule has 16 heavy (non-hydrogen) atoms. The molecule has 0 aliphatic rings. The lowest BCUT2D eigenvalue weighted by Gasteiger charge is -2.14. The van der Waals surface area contributed by atoms with Gasteiger partial charge in [-0.3, -0.25) is 0 Å². The molecule has 0 saturated heterocycles. The molecule has 0 saturated carbocycles. The molecule has 1 nitrogen and oxygen atoms in total. The van der Waals surface area contributed by atoms with Crippen molar-refractivity contribution in [2.75, 3.05) is 12.4 Å².